The number of fused-ring (bicyclic) bond motifs is 5. The van der Waals surface area contributed by atoms with Crippen molar-refractivity contribution in [1.82, 2.24) is 0 Å². The molecule has 9 atom stereocenters. The molecule has 0 radical (unpaired) electrons. The van der Waals surface area contributed by atoms with Crippen LogP contribution in [0.4, 0.5) is 0 Å². The summed E-state index contributed by atoms with van der Waals surface area (Å²) < 4.78 is 6.13. The molecule has 0 saturated heterocycles. The Balaban J connectivity index is 1.12. The summed E-state index contributed by atoms with van der Waals surface area (Å²) in [5.41, 5.74) is 2.40. The highest BCUT2D eigenvalue weighted by Crippen LogP contribution is 2.67. The molecule has 296 valence electrons. The third-order valence-corrected chi connectivity index (χ3v) is 14.5. The summed E-state index contributed by atoms with van der Waals surface area (Å²) in [6.07, 6.45) is 51.6. The first-order chi connectivity index (χ1) is 25.6. The maximum atomic E-state index is 12.9. The summed E-state index contributed by atoms with van der Waals surface area (Å²) in [7, 11) is 0. The Bertz CT molecular complexity index is 1310. The normalized spacial score (nSPS) is 31.6. The Kier molecular flexibility index (Phi) is 18.2. The number of hydrogen-bond acceptors (Lipinski definition) is 2. The second-order valence-corrected chi connectivity index (χ2v) is 18.2. The molecule has 0 aromatic carbocycles. The summed E-state index contributed by atoms with van der Waals surface area (Å²) in [5.74, 6) is 5.45. The molecule has 9 unspecified atom stereocenters. The van der Waals surface area contributed by atoms with Crippen LogP contribution in [-0.4, -0.2) is 12.1 Å². The Morgan fingerprint density at radius 1 is 0.774 bits per heavy atom. The molecule has 4 rings (SSSR count). The van der Waals surface area contributed by atoms with E-state index in [2.05, 4.69) is 127 Å². The van der Waals surface area contributed by atoms with Gasteiger partial charge in [0.05, 0.1) is 0 Å². The Morgan fingerprint density at radius 2 is 1.43 bits per heavy atom. The molecule has 2 heteroatoms. The van der Waals surface area contributed by atoms with Crippen molar-refractivity contribution in [3.8, 4) is 0 Å². The van der Waals surface area contributed by atoms with Crippen molar-refractivity contribution in [3.05, 3.63) is 84.6 Å². The molecule has 4 aliphatic carbocycles. The summed E-state index contributed by atoms with van der Waals surface area (Å²) in [4.78, 5) is 12.9. The van der Waals surface area contributed by atoms with Crippen LogP contribution in [-0.2, 0) is 9.53 Å². The number of esters is 1. The molecular formula is C51H80O2. The third kappa shape index (κ3) is 12.3. The fourth-order valence-corrected chi connectivity index (χ4v) is 11.2. The fourth-order valence-electron chi connectivity index (χ4n) is 11.2. The monoisotopic (exact) mass is 725 g/mol. The zero-order valence-electron chi connectivity index (χ0n) is 35.4. The molecule has 0 heterocycles. The predicted molar refractivity (Wildman–Crippen MR) is 230 cm³/mol. The zero-order valence-corrected chi connectivity index (χ0v) is 35.4. The average Bonchev–Trinajstić information content (AvgIpc) is 3.50. The molecule has 53 heavy (non-hydrogen) atoms. The summed E-state index contributed by atoms with van der Waals surface area (Å²) in [5, 5.41) is 0. The van der Waals surface area contributed by atoms with Crippen molar-refractivity contribution < 1.29 is 9.53 Å². The van der Waals surface area contributed by atoms with E-state index in [4.69, 9.17) is 4.74 Å². The van der Waals surface area contributed by atoms with Gasteiger partial charge in [0.2, 0.25) is 0 Å². The number of rotatable bonds is 21. The number of allylic oxidation sites excluding steroid dienone is 13. The number of unbranched alkanes of at least 4 members (excludes halogenated alkanes) is 3. The lowest BCUT2D eigenvalue weighted by molar-refractivity contribution is -0.151. The van der Waals surface area contributed by atoms with Crippen LogP contribution < -0.4 is 0 Å². The van der Waals surface area contributed by atoms with Crippen molar-refractivity contribution in [2.75, 3.05) is 0 Å². The van der Waals surface area contributed by atoms with Crippen LogP contribution in [0.2, 0.25) is 0 Å². The van der Waals surface area contributed by atoms with Gasteiger partial charge in [-0.3, -0.25) is 4.79 Å². The smallest absolute Gasteiger partial charge is 0.306 e. The van der Waals surface area contributed by atoms with Gasteiger partial charge >= 0.3 is 5.97 Å². The van der Waals surface area contributed by atoms with E-state index in [1.165, 1.54) is 44.9 Å². The van der Waals surface area contributed by atoms with Gasteiger partial charge in [0.15, 0.2) is 0 Å². The van der Waals surface area contributed by atoms with E-state index >= 15 is 0 Å². The van der Waals surface area contributed by atoms with Crippen molar-refractivity contribution in [2.24, 2.45) is 52.3 Å². The van der Waals surface area contributed by atoms with E-state index in [9.17, 15) is 4.79 Å². The summed E-state index contributed by atoms with van der Waals surface area (Å²) in [6.45, 7) is 17.0. The molecule has 2 nitrogen and oxygen atoms in total. The molecule has 0 N–H and O–H groups in total. The van der Waals surface area contributed by atoms with E-state index in [0.29, 0.717) is 29.1 Å². The Hall–Kier alpha value is -2.35. The highest BCUT2D eigenvalue weighted by atomic mass is 16.5. The van der Waals surface area contributed by atoms with E-state index in [0.717, 1.165) is 100 Å². The number of carbonyl (C=O) groups is 1. The van der Waals surface area contributed by atoms with Crippen molar-refractivity contribution in [1.29, 1.82) is 0 Å². The van der Waals surface area contributed by atoms with Crippen LogP contribution in [0.15, 0.2) is 84.6 Å². The van der Waals surface area contributed by atoms with Gasteiger partial charge in [-0.1, -0.05) is 139 Å². The first kappa shape index (κ1) is 43.4. The maximum absolute atomic E-state index is 12.9. The average molecular weight is 725 g/mol. The van der Waals surface area contributed by atoms with Crippen LogP contribution in [0.3, 0.4) is 0 Å². The number of carbonyl (C=O) groups excluding carboxylic acids is 1. The van der Waals surface area contributed by atoms with Crippen molar-refractivity contribution >= 4 is 5.97 Å². The first-order valence-electron chi connectivity index (χ1n) is 22.5. The first-order valence-corrected chi connectivity index (χ1v) is 22.5. The second-order valence-electron chi connectivity index (χ2n) is 18.2. The van der Waals surface area contributed by atoms with Crippen LogP contribution in [0.25, 0.3) is 0 Å². The lowest BCUT2D eigenvalue weighted by Crippen LogP contribution is -2.51. The second kappa shape index (κ2) is 22.3. The molecule has 0 spiro atoms. The minimum absolute atomic E-state index is 0.0232. The van der Waals surface area contributed by atoms with Gasteiger partial charge in [0.25, 0.3) is 0 Å². The lowest BCUT2D eigenvalue weighted by Gasteiger charge is -2.58. The SMILES string of the molecule is CC/C=C\C/C=C\C/C=C\C/C=C\C/C=C\CCCCCC(=O)OC1CCC2(C)C(=CCC3C2CCC2(C)C(C(C)/C=C/C(CC)C(C)C)CCC32)C1. The quantitative estimate of drug-likeness (QED) is 0.0669. The van der Waals surface area contributed by atoms with Crippen LogP contribution in [0.5, 0.6) is 0 Å². The standard InChI is InChI=1S/C51H80O2/c1-8-10-11-12-13-14-15-16-17-18-19-20-21-22-23-24-25-26-27-28-49(52)53-44-35-37-50(6)43(39-44)31-32-45-47-34-33-46(51(47,7)38-36-48(45)50)41(5)29-30-42(9-2)40(3)4/h10-11,13-14,16-17,19-20,22-23,29-31,40-42,44-48H,8-9,12,15,18,21,24-28,32-39H2,1-7H3/b11-10-,14-13-,17-16-,20-19-,23-22-,30-29+. The molecule has 3 fully saturated rings. The Morgan fingerprint density at radius 3 is 2.08 bits per heavy atom. The van der Waals surface area contributed by atoms with Gasteiger partial charge in [-0.05, 0) is 155 Å². The highest BCUT2D eigenvalue weighted by molar-refractivity contribution is 5.69. The fraction of sp³-hybridized carbons (Fsp3) is 0.706. The largest absolute Gasteiger partial charge is 0.462 e. The minimum Gasteiger partial charge on any atom is -0.462 e. The van der Waals surface area contributed by atoms with Gasteiger partial charge in [-0.25, -0.2) is 0 Å². The topological polar surface area (TPSA) is 26.3 Å². The van der Waals surface area contributed by atoms with E-state index in [1.54, 1.807) is 5.57 Å². The Labute approximate surface area is 327 Å². The van der Waals surface area contributed by atoms with Gasteiger partial charge in [-0.15, -0.1) is 0 Å². The van der Waals surface area contributed by atoms with E-state index in [-0.39, 0.29) is 12.1 Å². The van der Waals surface area contributed by atoms with Crippen LogP contribution in [0.1, 0.15) is 170 Å². The van der Waals surface area contributed by atoms with Gasteiger partial charge in [0, 0.05) is 12.8 Å². The van der Waals surface area contributed by atoms with E-state index < -0.39 is 0 Å². The maximum Gasteiger partial charge on any atom is 0.306 e. The molecule has 0 aromatic rings. The molecular weight excluding hydrogens is 645 g/mol. The highest BCUT2D eigenvalue weighted by Gasteiger charge is 2.59. The molecule has 4 aliphatic rings. The number of hydrogen-bond donors (Lipinski definition) is 0. The predicted octanol–water partition coefficient (Wildman–Crippen LogP) is 15.1. The lowest BCUT2D eigenvalue weighted by atomic mass is 9.47. The summed E-state index contributed by atoms with van der Waals surface area (Å²) in [6, 6.07) is 0. The van der Waals surface area contributed by atoms with E-state index in [1.807, 2.05) is 0 Å². The summed E-state index contributed by atoms with van der Waals surface area (Å²) >= 11 is 0. The van der Waals surface area contributed by atoms with Gasteiger partial charge in [-0.2, -0.15) is 0 Å². The van der Waals surface area contributed by atoms with Crippen LogP contribution >= 0.6 is 0 Å². The molecule has 0 aliphatic heterocycles. The molecule has 0 amide bonds. The molecule has 3 saturated carbocycles. The molecule has 0 bridgehead atoms. The minimum atomic E-state index is 0.0232. The third-order valence-electron chi connectivity index (χ3n) is 14.5. The zero-order chi connectivity index (χ0) is 38.1. The molecule has 0 aromatic heterocycles. The van der Waals surface area contributed by atoms with Crippen molar-refractivity contribution in [2.45, 2.75) is 177 Å². The van der Waals surface area contributed by atoms with Gasteiger partial charge in [0.1, 0.15) is 6.10 Å². The van der Waals surface area contributed by atoms with Crippen molar-refractivity contribution in [3.63, 3.8) is 0 Å². The van der Waals surface area contributed by atoms with Gasteiger partial charge < -0.3 is 4.74 Å². The van der Waals surface area contributed by atoms with Crippen LogP contribution in [0, 0.1) is 52.3 Å². The number of ether oxygens (including phenoxy) is 1.